The van der Waals surface area contributed by atoms with E-state index in [0.717, 1.165) is 37.2 Å². The number of Topliss-reactive ketones (excluding diaryl/α,β-unsaturated/α-hetero) is 1. The van der Waals surface area contributed by atoms with Gasteiger partial charge in [0.1, 0.15) is 5.69 Å². The van der Waals surface area contributed by atoms with E-state index in [1.165, 1.54) is 6.92 Å². The molecule has 3 N–H and O–H groups in total. The van der Waals surface area contributed by atoms with Crippen molar-refractivity contribution in [1.82, 2.24) is 15.6 Å². The molecule has 20 heavy (non-hydrogen) atoms. The highest BCUT2D eigenvalue weighted by molar-refractivity contribution is 6.02. The molecule has 5 nitrogen and oxygen atoms in total. The van der Waals surface area contributed by atoms with E-state index < -0.39 is 0 Å². The fraction of sp³-hybridized carbons (Fsp3) is 0.600. The zero-order valence-corrected chi connectivity index (χ0v) is 12.4. The lowest BCUT2D eigenvalue weighted by molar-refractivity contribution is 0.0939. The summed E-state index contributed by atoms with van der Waals surface area (Å²) in [7, 11) is 0. The predicted octanol–water partition coefficient (Wildman–Crippen LogP) is 1.56. The van der Waals surface area contributed by atoms with Crippen molar-refractivity contribution in [3.63, 3.8) is 0 Å². The molecule has 0 bridgehead atoms. The van der Waals surface area contributed by atoms with Gasteiger partial charge in [0.15, 0.2) is 5.78 Å². The van der Waals surface area contributed by atoms with Gasteiger partial charge >= 0.3 is 0 Å². The summed E-state index contributed by atoms with van der Waals surface area (Å²) in [5.41, 5.74) is 2.65. The van der Waals surface area contributed by atoms with Crippen LogP contribution in [0.5, 0.6) is 0 Å². The predicted molar refractivity (Wildman–Crippen MR) is 78.2 cm³/mol. The van der Waals surface area contributed by atoms with Gasteiger partial charge in [-0.3, -0.25) is 9.59 Å². The molecule has 1 aliphatic rings. The summed E-state index contributed by atoms with van der Waals surface area (Å²) in [6, 6.07) is 0. The van der Waals surface area contributed by atoms with Gasteiger partial charge in [0.25, 0.3) is 5.91 Å². The van der Waals surface area contributed by atoms with Crippen LogP contribution in [0.25, 0.3) is 0 Å². The van der Waals surface area contributed by atoms with Crippen molar-refractivity contribution in [3.05, 3.63) is 22.5 Å². The lowest BCUT2D eigenvalue weighted by Gasteiger charge is -2.22. The van der Waals surface area contributed by atoms with Crippen LogP contribution in [-0.4, -0.2) is 36.3 Å². The summed E-state index contributed by atoms with van der Waals surface area (Å²) in [6.07, 6.45) is 2.31. The van der Waals surface area contributed by atoms with Crippen molar-refractivity contribution in [2.45, 2.75) is 33.6 Å². The van der Waals surface area contributed by atoms with Crippen molar-refractivity contribution in [2.75, 3.05) is 19.6 Å². The number of carbonyl (C=O) groups excluding carboxylic acids is 2. The first-order valence-corrected chi connectivity index (χ1v) is 7.19. The molecular formula is C15H23N3O2. The first kappa shape index (κ1) is 14.8. The van der Waals surface area contributed by atoms with Gasteiger partial charge in [-0.05, 0) is 58.2 Å². The molecule has 1 fully saturated rings. The van der Waals surface area contributed by atoms with Crippen molar-refractivity contribution in [1.29, 1.82) is 0 Å². The monoisotopic (exact) mass is 277 g/mol. The van der Waals surface area contributed by atoms with E-state index in [4.69, 9.17) is 0 Å². The van der Waals surface area contributed by atoms with Crippen LogP contribution in [-0.2, 0) is 0 Å². The van der Waals surface area contributed by atoms with Crippen LogP contribution in [0, 0.1) is 19.8 Å². The van der Waals surface area contributed by atoms with E-state index >= 15 is 0 Å². The van der Waals surface area contributed by atoms with E-state index in [1.54, 1.807) is 0 Å². The molecule has 2 heterocycles. The number of piperidine rings is 1. The molecule has 1 amide bonds. The normalized spacial score (nSPS) is 18.9. The van der Waals surface area contributed by atoms with Crippen LogP contribution >= 0.6 is 0 Å². The molecule has 0 aliphatic carbocycles. The molecular weight excluding hydrogens is 254 g/mol. The number of ketones is 1. The highest BCUT2D eigenvalue weighted by Crippen LogP contribution is 2.18. The first-order chi connectivity index (χ1) is 9.50. The fourth-order valence-electron chi connectivity index (χ4n) is 2.93. The largest absolute Gasteiger partial charge is 0.354 e. The minimum Gasteiger partial charge on any atom is -0.354 e. The summed E-state index contributed by atoms with van der Waals surface area (Å²) in [5, 5.41) is 6.30. The number of H-pyrrole nitrogens is 1. The second-order valence-electron chi connectivity index (χ2n) is 5.60. The van der Waals surface area contributed by atoms with Crippen LogP contribution in [0.2, 0.25) is 0 Å². The minimum atomic E-state index is -0.122. The molecule has 0 radical (unpaired) electrons. The molecule has 1 aromatic heterocycles. The third-order valence-electron chi connectivity index (χ3n) is 3.97. The Balaban J connectivity index is 2.02. The topological polar surface area (TPSA) is 74.0 Å². The number of rotatable bonds is 4. The third kappa shape index (κ3) is 3.10. The Hall–Kier alpha value is -1.62. The van der Waals surface area contributed by atoms with Gasteiger partial charge in [0.05, 0.1) is 0 Å². The molecule has 0 spiro atoms. The van der Waals surface area contributed by atoms with Crippen LogP contribution in [0.4, 0.5) is 0 Å². The van der Waals surface area contributed by atoms with Crippen molar-refractivity contribution in [2.24, 2.45) is 5.92 Å². The maximum atomic E-state index is 12.2. The van der Waals surface area contributed by atoms with Gasteiger partial charge in [0, 0.05) is 17.8 Å². The maximum Gasteiger partial charge on any atom is 0.268 e. The van der Waals surface area contributed by atoms with Gasteiger partial charge < -0.3 is 15.6 Å². The second kappa shape index (κ2) is 6.22. The van der Waals surface area contributed by atoms with Gasteiger partial charge in [-0.25, -0.2) is 0 Å². The lowest BCUT2D eigenvalue weighted by atomic mass is 9.99. The summed E-state index contributed by atoms with van der Waals surface area (Å²) in [4.78, 5) is 26.8. The van der Waals surface area contributed by atoms with Gasteiger partial charge in [0.2, 0.25) is 0 Å². The average molecular weight is 277 g/mol. The van der Waals surface area contributed by atoms with Gasteiger partial charge in [-0.2, -0.15) is 0 Å². The molecule has 1 atom stereocenters. The Bertz CT molecular complexity index is 513. The third-order valence-corrected chi connectivity index (χ3v) is 3.97. The van der Waals surface area contributed by atoms with Crippen LogP contribution in [0.3, 0.4) is 0 Å². The molecule has 5 heteroatoms. The quantitative estimate of drug-likeness (QED) is 0.731. The van der Waals surface area contributed by atoms with E-state index in [-0.39, 0.29) is 11.7 Å². The summed E-state index contributed by atoms with van der Waals surface area (Å²) >= 11 is 0. The van der Waals surface area contributed by atoms with Gasteiger partial charge in [-0.1, -0.05) is 0 Å². The number of aromatic amines is 1. The van der Waals surface area contributed by atoms with E-state index in [0.29, 0.717) is 23.7 Å². The van der Waals surface area contributed by atoms with Crippen molar-refractivity contribution in [3.8, 4) is 0 Å². The number of hydrogen-bond donors (Lipinski definition) is 3. The van der Waals surface area contributed by atoms with Crippen molar-refractivity contribution < 1.29 is 9.59 Å². The SMILES string of the molecule is CC(=O)c1c(C)[nH]c(C(=O)NCC2CCCNC2)c1C. The van der Waals surface area contributed by atoms with E-state index in [9.17, 15) is 9.59 Å². The molecule has 110 valence electrons. The highest BCUT2D eigenvalue weighted by atomic mass is 16.2. The standard InChI is InChI=1S/C15H23N3O2/c1-9-13(11(3)19)10(2)18-14(9)15(20)17-8-12-5-4-6-16-7-12/h12,16,18H,4-8H2,1-3H3,(H,17,20). The van der Waals surface area contributed by atoms with Crippen molar-refractivity contribution >= 4 is 11.7 Å². The number of nitrogens with one attached hydrogen (secondary N) is 3. The number of aromatic nitrogens is 1. The zero-order chi connectivity index (χ0) is 14.7. The molecule has 1 saturated heterocycles. The minimum absolute atomic E-state index is 0.00761. The summed E-state index contributed by atoms with van der Waals surface area (Å²) < 4.78 is 0. The molecule has 0 aromatic carbocycles. The molecule has 0 saturated carbocycles. The Morgan fingerprint density at radius 1 is 1.35 bits per heavy atom. The number of hydrogen-bond acceptors (Lipinski definition) is 3. The fourth-order valence-corrected chi connectivity index (χ4v) is 2.93. The molecule has 1 aromatic rings. The molecule has 2 rings (SSSR count). The first-order valence-electron chi connectivity index (χ1n) is 7.19. The Kier molecular flexibility index (Phi) is 4.60. The van der Waals surface area contributed by atoms with E-state index in [2.05, 4.69) is 15.6 Å². The summed E-state index contributed by atoms with van der Waals surface area (Å²) in [6.45, 7) is 7.88. The van der Waals surface area contributed by atoms with Crippen LogP contribution < -0.4 is 10.6 Å². The van der Waals surface area contributed by atoms with Crippen LogP contribution in [0.15, 0.2) is 0 Å². The average Bonchev–Trinajstić information content (AvgIpc) is 2.72. The molecule has 1 aliphatic heterocycles. The Labute approximate surface area is 119 Å². The lowest BCUT2D eigenvalue weighted by Crippen LogP contribution is -2.38. The van der Waals surface area contributed by atoms with Gasteiger partial charge in [-0.15, -0.1) is 0 Å². The Morgan fingerprint density at radius 3 is 2.65 bits per heavy atom. The number of aryl methyl sites for hydroxylation is 1. The molecule has 1 unspecified atom stereocenters. The highest BCUT2D eigenvalue weighted by Gasteiger charge is 2.20. The van der Waals surface area contributed by atoms with E-state index in [1.807, 2.05) is 13.8 Å². The Morgan fingerprint density at radius 2 is 2.10 bits per heavy atom. The smallest absolute Gasteiger partial charge is 0.268 e. The summed E-state index contributed by atoms with van der Waals surface area (Å²) in [5.74, 6) is 0.367. The number of carbonyl (C=O) groups is 2. The number of amides is 1. The van der Waals surface area contributed by atoms with Crippen LogP contribution in [0.1, 0.15) is 51.9 Å². The zero-order valence-electron chi connectivity index (χ0n) is 12.4. The maximum absolute atomic E-state index is 12.2. The second-order valence-corrected chi connectivity index (χ2v) is 5.60.